The number of carbonyl (C=O) groups excluding carboxylic acids is 1. The van der Waals surface area contributed by atoms with Gasteiger partial charge in [0.25, 0.3) is 0 Å². The first-order valence-corrected chi connectivity index (χ1v) is 4.77. The van der Waals surface area contributed by atoms with Crippen molar-refractivity contribution in [1.29, 1.82) is 0 Å². The monoisotopic (exact) mass is 219 g/mol. The standard InChI is InChI=1S/C12H13NO3/c1-3-8-15-10-4-6-11(7-5-10)16-12(14)9(2)13/h1,4-7,9H,8,13H2,2H3/t9-/m0/s1. The van der Waals surface area contributed by atoms with E-state index in [1.165, 1.54) is 0 Å². The highest BCUT2D eigenvalue weighted by molar-refractivity contribution is 5.77. The van der Waals surface area contributed by atoms with Gasteiger partial charge in [0.05, 0.1) is 0 Å². The maximum absolute atomic E-state index is 11.2. The summed E-state index contributed by atoms with van der Waals surface area (Å²) in [7, 11) is 0. The fraction of sp³-hybridized carbons (Fsp3) is 0.250. The fourth-order valence-corrected chi connectivity index (χ4v) is 0.938. The Kier molecular flexibility index (Phi) is 4.37. The third-order valence-corrected chi connectivity index (χ3v) is 1.74. The molecule has 1 aromatic rings. The van der Waals surface area contributed by atoms with Crippen molar-refractivity contribution < 1.29 is 14.3 Å². The van der Waals surface area contributed by atoms with Gasteiger partial charge in [0.1, 0.15) is 24.1 Å². The lowest BCUT2D eigenvalue weighted by Gasteiger charge is -2.07. The van der Waals surface area contributed by atoms with Crippen molar-refractivity contribution in [3.63, 3.8) is 0 Å². The van der Waals surface area contributed by atoms with E-state index in [4.69, 9.17) is 21.6 Å². The molecule has 0 aliphatic rings. The minimum absolute atomic E-state index is 0.207. The molecule has 2 N–H and O–H groups in total. The van der Waals surface area contributed by atoms with E-state index >= 15 is 0 Å². The van der Waals surface area contributed by atoms with Crippen molar-refractivity contribution in [2.75, 3.05) is 6.61 Å². The summed E-state index contributed by atoms with van der Waals surface area (Å²) in [6.07, 6.45) is 5.05. The molecular formula is C12H13NO3. The fourth-order valence-electron chi connectivity index (χ4n) is 0.938. The second kappa shape index (κ2) is 5.79. The average molecular weight is 219 g/mol. The van der Waals surface area contributed by atoms with Gasteiger partial charge in [-0.15, -0.1) is 6.42 Å². The van der Waals surface area contributed by atoms with Gasteiger partial charge in [-0.2, -0.15) is 0 Å². The molecule has 0 saturated carbocycles. The molecule has 0 heterocycles. The summed E-state index contributed by atoms with van der Waals surface area (Å²) in [5.74, 6) is 2.93. The van der Waals surface area contributed by atoms with Gasteiger partial charge in [-0.1, -0.05) is 5.92 Å². The number of terminal acetylenes is 1. The molecule has 4 heteroatoms. The van der Waals surface area contributed by atoms with E-state index in [1.807, 2.05) is 0 Å². The molecule has 0 spiro atoms. The second-order valence-electron chi connectivity index (χ2n) is 3.17. The van der Waals surface area contributed by atoms with Crippen LogP contribution in [-0.4, -0.2) is 18.6 Å². The van der Waals surface area contributed by atoms with Gasteiger partial charge in [0, 0.05) is 0 Å². The Labute approximate surface area is 94.3 Å². The maximum Gasteiger partial charge on any atom is 0.328 e. The summed E-state index contributed by atoms with van der Waals surface area (Å²) in [5, 5.41) is 0. The number of benzene rings is 1. The van der Waals surface area contributed by atoms with Crippen molar-refractivity contribution in [2.24, 2.45) is 5.73 Å². The van der Waals surface area contributed by atoms with Crippen LogP contribution < -0.4 is 15.2 Å². The van der Waals surface area contributed by atoms with Crippen LogP contribution in [0.25, 0.3) is 0 Å². The summed E-state index contributed by atoms with van der Waals surface area (Å²) < 4.78 is 10.1. The SMILES string of the molecule is C#CCOc1ccc(OC(=O)[C@H](C)N)cc1. The van der Waals surface area contributed by atoms with Gasteiger partial charge in [-0.25, -0.2) is 4.79 Å². The zero-order valence-electron chi connectivity index (χ0n) is 8.97. The van der Waals surface area contributed by atoms with Crippen LogP contribution >= 0.6 is 0 Å². The molecule has 0 aliphatic heterocycles. The van der Waals surface area contributed by atoms with E-state index in [1.54, 1.807) is 31.2 Å². The van der Waals surface area contributed by atoms with Crippen LogP contribution in [0.3, 0.4) is 0 Å². The molecule has 1 aromatic carbocycles. The Morgan fingerprint density at radius 2 is 2.00 bits per heavy atom. The lowest BCUT2D eigenvalue weighted by atomic mass is 10.3. The van der Waals surface area contributed by atoms with Gasteiger partial charge in [-0.05, 0) is 31.2 Å². The normalized spacial score (nSPS) is 11.3. The Morgan fingerprint density at radius 3 is 2.50 bits per heavy atom. The van der Waals surface area contributed by atoms with Gasteiger partial charge in [0.15, 0.2) is 0 Å². The van der Waals surface area contributed by atoms with E-state index in [9.17, 15) is 4.79 Å². The molecular weight excluding hydrogens is 206 g/mol. The Bertz CT molecular complexity index is 390. The zero-order chi connectivity index (χ0) is 12.0. The molecule has 0 aliphatic carbocycles. The minimum Gasteiger partial charge on any atom is -0.481 e. The summed E-state index contributed by atoms with van der Waals surface area (Å²) in [6.45, 7) is 1.77. The van der Waals surface area contributed by atoms with Gasteiger partial charge < -0.3 is 15.2 Å². The number of carbonyl (C=O) groups is 1. The van der Waals surface area contributed by atoms with Gasteiger partial charge in [0.2, 0.25) is 0 Å². The first kappa shape index (κ1) is 12.1. The van der Waals surface area contributed by atoms with Crippen molar-refractivity contribution in [3.05, 3.63) is 24.3 Å². The number of hydrogen-bond acceptors (Lipinski definition) is 4. The molecule has 0 bridgehead atoms. The van der Waals surface area contributed by atoms with Gasteiger partial charge >= 0.3 is 5.97 Å². The highest BCUT2D eigenvalue weighted by Crippen LogP contribution is 2.17. The van der Waals surface area contributed by atoms with E-state index in [0.29, 0.717) is 11.5 Å². The summed E-state index contributed by atoms with van der Waals surface area (Å²) in [5.41, 5.74) is 5.36. The van der Waals surface area contributed by atoms with Gasteiger partial charge in [-0.3, -0.25) is 0 Å². The molecule has 0 saturated heterocycles. The first-order chi connectivity index (χ1) is 7.63. The third-order valence-electron chi connectivity index (χ3n) is 1.74. The molecule has 4 nitrogen and oxygen atoms in total. The van der Waals surface area contributed by atoms with Crippen LogP contribution in [0.1, 0.15) is 6.92 Å². The van der Waals surface area contributed by atoms with E-state index < -0.39 is 12.0 Å². The average Bonchev–Trinajstić information content (AvgIpc) is 2.28. The number of hydrogen-bond donors (Lipinski definition) is 1. The smallest absolute Gasteiger partial charge is 0.328 e. The van der Waals surface area contributed by atoms with E-state index in [2.05, 4.69) is 5.92 Å². The predicted octanol–water partition coefficient (Wildman–Crippen LogP) is 0.951. The van der Waals surface area contributed by atoms with Crippen molar-refractivity contribution in [1.82, 2.24) is 0 Å². The minimum atomic E-state index is -0.641. The highest BCUT2D eigenvalue weighted by Gasteiger charge is 2.09. The molecule has 0 amide bonds. The number of rotatable bonds is 4. The Hall–Kier alpha value is -1.99. The first-order valence-electron chi connectivity index (χ1n) is 4.77. The summed E-state index contributed by atoms with van der Waals surface area (Å²) >= 11 is 0. The van der Waals surface area contributed by atoms with Crippen LogP contribution in [0.5, 0.6) is 11.5 Å². The Balaban J connectivity index is 2.58. The summed E-state index contributed by atoms with van der Waals surface area (Å²) in [4.78, 5) is 11.2. The van der Waals surface area contributed by atoms with E-state index in [0.717, 1.165) is 0 Å². The number of ether oxygens (including phenoxy) is 2. The molecule has 1 atom stereocenters. The molecule has 1 rings (SSSR count). The summed E-state index contributed by atoms with van der Waals surface area (Å²) in [6, 6.07) is 5.93. The number of nitrogens with two attached hydrogens (primary N) is 1. The van der Waals surface area contributed by atoms with Crippen LogP contribution in [-0.2, 0) is 4.79 Å². The van der Waals surface area contributed by atoms with Crippen molar-refractivity contribution in [3.8, 4) is 23.8 Å². The topological polar surface area (TPSA) is 61.5 Å². The van der Waals surface area contributed by atoms with Crippen LogP contribution in [0.2, 0.25) is 0 Å². The zero-order valence-corrected chi connectivity index (χ0v) is 8.97. The molecule has 0 unspecified atom stereocenters. The molecule has 0 radical (unpaired) electrons. The van der Waals surface area contributed by atoms with Crippen LogP contribution in [0.4, 0.5) is 0 Å². The largest absolute Gasteiger partial charge is 0.481 e. The van der Waals surface area contributed by atoms with Crippen LogP contribution in [0, 0.1) is 12.3 Å². The lowest BCUT2D eigenvalue weighted by molar-refractivity contribution is -0.135. The third kappa shape index (κ3) is 3.64. The quantitative estimate of drug-likeness (QED) is 0.465. The lowest BCUT2D eigenvalue weighted by Crippen LogP contribution is -2.30. The molecule has 84 valence electrons. The van der Waals surface area contributed by atoms with Crippen molar-refractivity contribution in [2.45, 2.75) is 13.0 Å². The van der Waals surface area contributed by atoms with Crippen molar-refractivity contribution >= 4 is 5.97 Å². The molecule has 0 aromatic heterocycles. The second-order valence-corrected chi connectivity index (χ2v) is 3.17. The Morgan fingerprint density at radius 1 is 1.44 bits per heavy atom. The number of esters is 1. The van der Waals surface area contributed by atoms with Crippen LogP contribution in [0.15, 0.2) is 24.3 Å². The predicted molar refractivity (Wildman–Crippen MR) is 60.1 cm³/mol. The molecule has 0 fully saturated rings. The maximum atomic E-state index is 11.2. The van der Waals surface area contributed by atoms with E-state index in [-0.39, 0.29) is 6.61 Å². The highest BCUT2D eigenvalue weighted by atomic mass is 16.5. The molecule has 16 heavy (non-hydrogen) atoms.